The van der Waals surface area contributed by atoms with E-state index in [1.807, 2.05) is 12.1 Å². The minimum absolute atomic E-state index is 0.000339. The molecule has 1 atom stereocenters. The molecule has 0 bridgehead atoms. The van der Waals surface area contributed by atoms with Crippen LogP contribution in [-0.2, 0) is 16.1 Å². The zero-order valence-electron chi connectivity index (χ0n) is 19.7. The maximum absolute atomic E-state index is 12.6. The second-order valence-electron chi connectivity index (χ2n) is 7.77. The molecule has 2 aromatic carbocycles. The van der Waals surface area contributed by atoms with Crippen LogP contribution in [-0.4, -0.2) is 60.4 Å². The Hall–Kier alpha value is -4.12. The molecule has 0 fully saturated rings. The van der Waals surface area contributed by atoms with Crippen molar-refractivity contribution in [2.45, 2.75) is 31.8 Å². The number of aliphatic carboxylic acids is 1. The van der Waals surface area contributed by atoms with Crippen molar-refractivity contribution in [3.63, 3.8) is 0 Å². The molecule has 11 nitrogen and oxygen atoms in total. The predicted octanol–water partition coefficient (Wildman–Crippen LogP) is 1.80. The number of nitrogens with zero attached hydrogens (tertiary/aromatic N) is 1. The Morgan fingerprint density at radius 3 is 2.20 bits per heavy atom. The smallest absolute Gasteiger partial charge is 0.320 e. The first-order valence-electron chi connectivity index (χ1n) is 10.9. The number of carboxylic acids is 1. The van der Waals surface area contributed by atoms with Crippen molar-refractivity contribution >= 4 is 29.3 Å². The number of ketones is 1. The van der Waals surface area contributed by atoms with Gasteiger partial charge in [-0.1, -0.05) is 0 Å². The number of benzene rings is 2. The first-order valence-corrected chi connectivity index (χ1v) is 10.9. The molecule has 1 unspecified atom stereocenters. The molecule has 0 aliphatic rings. The van der Waals surface area contributed by atoms with E-state index in [2.05, 4.69) is 5.32 Å². The SMILES string of the molecule is COc1cc(CNc2ccc(C(=O)CC(=O)N(CCCC(N)C(=O)O)C(=N)N)cc2)cc(OC)c1. The summed E-state index contributed by atoms with van der Waals surface area (Å²) in [5, 5.41) is 19.7. The third-order valence-corrected chi connectivity index (χ3v) is 5.23. The quantitative estimate of drug-likeness (QED) is 0.122. The van der Waals surface area contributed by atoms with Gasteiger partial charge in [-0.25, -0.2) is 0 Å². The maximum atomic E-state index is 12.6. The van der Waals surface area contributed by atoms with Crippen LogP contribution in [0.1, 0.15) is 35.2 Å². The third kappa shape index (κ3) is 8.31. The molecule has 0 saturated carbocycles. The van der Waals surface area contributed by atoms with E-state index < -0.39 is 36.1 Å². The zero-order valence-corrected chi connectivity index (χ0v) is 19.7. The number of carbonyl (C=O) groups is 3. The molecule has 0 heterocycles. The molecule has 188 valence electrons. The van der Waals surface area contributed by atoms with Gasteiger partial charge in [0.05, 0.1) is 20.6 Å². The summed E-state index contributed by atoms with van der Waals surface area (Å²) in [7, 11) is 3.16. The van der Waals surface area contributed by atoms with E-state index in [0.29, 0.717) is 23.6 Å². The Morgan fingerprint density at radius 2 is 1.69 bits per heavy atom. The Morgan fingerprint density at radius 1 is 1.09 bits per heavy atom. The Balaban J connectivity index is 1.93. The van der Waals surface area contributed by atoms with Crippen molar-refractivity contribution in [1.82, 2.24) is 4.90 Å². The Bertz CT molecular complexity index is 1030. The van der Waals surface area contributed by atoms with E-state index in [-0.39, 0.29) is 19.4 Å². The number of guanidine groups is 1. The average molecular weight is 486 g/mol. The van der Waals surface area contributed by atoms with Crippen molar-refractivity contribution in [3.8, 4) is 11.5 Å². The van der Waals surface area contributed by atoms with Crippen molar-refractivity contribution < 1.29 is 29.0 Å². The molecule has 1 amide bonds. The number of methoxy groups -OCH3 is 2. The number of nitrogens with two attached hydrogens (primary N) is 2. The van der Waals surface area contributed by atoms with Gasteiger partial charge in [-0.05, 0) is 54.8 Å². The van der Waals surface area contributed by atoms with Gasteiger partial charge >= 0.3 is 5.97 Å². The number of nitrogens with one attached hydrogen (secondary N) is 2. The number of hydrogen-bond donors (Lipinski definition) is 5. The van der Waals surface area contributed by atoms with Gasteiger partial charge in [-0.15, -0.1) is 0 Å². The number of rotatable bonds is 13. The molecule has 0 aromatic heterocycles. The molecule has 35 heavy (non-hydrogen) atoms. The first kappa shape index (κ1) is 27.1. The van der Waals surface area contributed by atoms with Crippen molar-refractivity contribution in [2.75, 3.05) is 26.1 Å². The largest absolute Gasteiger partial charge is 0.497 e. The Labute approximate surface area is 203 Å². The summed E-state index contributed by atoms with van der Waals surface area (Å²) in [6, 6.07) is 11.1. The lowest BCUT2D eigenvalue weighted by Crippen LogP contribution is -2.43. The average Bonchev–Trinajstić information content (AvgIpc) is 2.84. The molecule has 0 spiro atoms. The summed E-state index contributed by atoms with van der Waals surface area (Å²) in [6.07, 6.45) is -0.134. The minimum atomic E-state index is -1.15. The summed E-state index contributed by atoms with van der Waals surface area (Å²) >= 11 is 0. The molecule has 2 rings (SSSR count). The van der Waals surface area contributed by atoms with Gasteiger partial charge in [0.1, 0.15) is 17.5 Å². The fourth-order valence-corrected chi connectivity index (χ4v) is 3.25. The molecule has 11 heteroatoms. The lowest BCUT2D eigenvalue weighted by molar-refractivity contribution is -0.138. The number of hydrogen-bond acceptors (Lipinski definition) is 8. The Kier molecular flexibility index (Phi) is 10.0. The molecule has 0 aliphatic carbocycles. The number of Topliss-reactive ketones (excluding diaryl/α,β-unsaturated/α-hetero) is 1. The van der Waals surface area contributed by atoms with Crippen molar-refractivity contribution in [2.24, 2.45) is 11.5 Å². The number of anilines is 1. The summed E-state index contributed by atoms with van der Waals surface area (Å²) < 4.78 is 10.5. The number of ether oxygens (including phenoxy) is 2. The van der Waals surface area contributed by atoms with Crippen molar-refractivity contribution in [3.05, 3.63) is 53.6 Å². The highest BCUT2D eigenvalue weighted by Gasteiger charge is 2.21. The van der Waals surface area contributed by atoms with E-state index in [4.69, 9.17) is 31.5 Å². The fourth-order valence-electron chi connectivity index (χ4n) is 3.25. The van der Waals surface area contributed by atoms with Crippen LogP contribution in [0.25, 0.3) is 0 Å². The number of carboxylic acid groups (broad SMARTS) is 1. The monoisotopic (exact) mass is 485 g/mol. The highest BCUT2D eigenvalue weighted by molar-refractivity contribution is 6.10. The maximum Gasteiger partial charge on any atom is 0.320 e. The summed E-state index contributed by atoms with van der Waals surface area (Å²) in [6.45, 7) is 0.499. The van der Waals surface area contributed by atoms with Crippen molar-refractivity contribution in [1.29, 1.82) is 5.41 Å². The van der Waals surface area contributed by atoms with Crippen LogP contribution in [0.2, 0.25) is 0 Å². The van der Waals surface area contributed by atoms with E-state index in [1.54, 1.807) is 44.6 Å². The topological polar surface area (TPSA) is 181 Å². The molecule has 2 aromatic rings. The second kappa shape index (κ2) is 12.9. The normalized spacial score (nSPS) is 11.3. The van der Waals surface area contributed by atoms with Crippen LogP contribution in [0.5, 0.6) is 11.5 Å². The first-order chi connectivity index (χ1) is 16.6. The van der Waals surface area contributed by atoms with Gasteiger partial charge in [0.2, 0.25) is 5.91 Å². The summed E-state index contributed by atoms with van der Waals surface area (Å²) in [5.41, 5.74) is 13.0. The number of amides is 1. The van der Waals surface area contributed by atoms with Gasteiger partial charge in [0.25, 0.3) is 0 Å². The molecule has 0 aliphatic heterocycles. The molecular formula is C24H31N5O6. The molecule has 0 saturated heterocycles. The zero-order chi connectivity index (χ0) is 26.0. The fraction of sp³-hybridized carbons (Fsp3) is 0.333. The summed E-state index contributed by atoms with van der Waals surface area (Å²) in [5.74, 6) is -1.37. The van der Waals surface area contributed by atoms with Gasteiger partial charge in [0.15, 0.2) is 11.7 Å². The van der Waals surface area contributed by atoms with Crippen LogP contribution in [0.4, 0.5) is 5.69 Å². The molecule has 7 N–H and O–H groups in total. The van der Waals surface area contributed by atoms with E-state index in [0.717, 1.165) is 16.2 Å². The van der Waals surface area contributed by atoms with Gasteiger partial charge in [-0.3, -0.25) is 24.7 Å². The second-order valence-corrected chi connectivity index (χ2v) is 7.77. The lowest BCUT2D eigenvalue weighted by atomic mass is 10.1. The van der Waals surface area contributed by atoms with Gasteiger partial charge < -0.3 is 31.4 Å². The van der Waals surface area contributed by atoms with Crippen LogP contribution >= 0.6 is 0 Å². The third-order valence-electron chi connectivity index (χ3n) is 5.23. The van der Waals surface area contributed by atoms with Gasteiger partial charge in [0, 0.05) is 30.4 Å². The van der Waals surface area contributed by atoms with E-state index in [9.17, 15) is 14.4 Å². The predicted molar refractivity (Wildman–Crippen MR) is 131 cm³/mol. The van der Waals surface area contributed by atoms with Crippen LogP contribution in [0, 0.1) is 5.41 Å². The minimum Gasteiger partial charge on any atom is -0.497 e. The molecule has 0 radical (unpaired) electrons. The van der Waals surface area contributed by atoms with Crippen LogP contribution in [0.3, 0.4) is 0 Å². The lowest BCUT2D eigenvalue weighted by Gasteiger charge is -2.20. The number of carbonyl (C=O) groups excluding carboxylic acids is 2. The van der Waals surface area contributed by atoms with Crippen LogP contribution < -0.4 is 26.3 Å². The van der Waals surface area contributed by atoms with E-state index in [1.165, 1.54) is 0 Å². The van der Waals surface area contributed by atoms with Gasteiger partial charge in [-0.2, -0.15) is 0 Å². The van der Waals surface area contributed by atoms with Crippen LogP contribution in [0.15, 0.2) is 42.5 Å². The summed E-state index contributed by atoms with van der Waals surface area (Å²) in [4.78, 5) is 36.8. The highest BCUT2D eigenvalue weighted by atomic mass is 16.5. The van der Waals surface area contributed by atoms with E-state index >= 15 is 0 Å². The highest BCUT2D eigenvalue weighted by Crippen LogP contribution is 2.23. The standard InChI is InChI=1S/C24H31N5O6/c1-34-18-10-15(11-19(12-18)35-2)14-28-17-7-5-16(6-8-17)21(30)13-22(31)29(24(26)27)9-3-4-20(25)23(32)33/h5-8,10-12,20,28H,3-4,9,13-14,25H2,1-2H3,(H3,26,27)(H,32,33). The molecular weight excluding hydrogens is 454 g/mol.